The van der Waals surface area contributed by atoms with Gasteiger partial charge in [-0.3, -0.25) is 4.79 Å². The summed E-state index contributed by atoms with van der Waals surface area (Å²) in [5.41, 5.74) is -0.428. The van der Waals surface area contributed by atoms with E-state index in [2.05, 4.69) is 4.98 Å². The quantitative estimate of drug-likeness (QED) is 0.770. The number of hydrogen-bond acceptors (Lipinski definition) is 4. The molecule has 0 unspecified atom stereocenters. The van der Waals surface area contributed by atoms with Crippen LogP contribution in [0.15, 0.2) is 36.5 Å². The van der Waals surface area contributed by atoms with E-state index in [9.17, 15) is 18.0 Å². The van der Waals surface area contributed by atoms with Crippen LogP contribution < -0.4 is 4.90 Å². The van der Waals surface area contributed by atoms with E-state index < -0.39 is 17.5 Å². The highest BCUT2D eigenvalue weighted by molar-refractivity contribution is 6.30. The zero-order valence-corrected chi connectivity index (χ0v) is 13.8. The van der Waals surface area contributed by atoms with Crippen molar-refractivity contribution < 1.29 is 22.7 Å². The summed E-state index contributed by atoms with van der Waals surface area (Å²) in [7, 11) is 0. The van der Waals surface area contributed by atoms with E-state index >= 15 is 0 Å². The first-order valence-corrected chi connectivity index (χ1v) is 7.94. The van der Waals surface area contributed by atoms with Crippen LogP contribution in [0, 0.1) is 0 Å². The van der Waals surface area contributed by atoms with E-state index in [0.717, 1.165) is 6.07 Å². The fraction of sp³-hybridized carbons (Fsp3) is 0.294. The second kappa shape index (κ2) is 7.01. The minimum Gasteiger partial charge on any atom is -0.378 e. The normalized spacial score (nSPS) is 15.3. The largest absolute Gasteiger partial charge is 0.417 e. The lowest BCUT2D eigenvalue weighted by molar-refractivity contribution is -0.137. The molecule has 25 heavy (non-hydrogen) atoms. The van der Waals surface area contributed by atoms with Gasteiger partial charge in [0.25, 0.3) is 0 Å². The van der Waals surface area contributed by atoms with Gasteiger partial charge in [0.2, 0.25) is 5.78 Å². The standard InChI is InChI=1S/C17H14ClF3N2O2/c18-13-3-1-11(2-4-13)16(24)15-14(23-5-7-25-8-6-23)9-12(10-22-15)17(19,20)21/h1-4,9-10H,5-8H2. The predicted molar refractivity (Wildman–Crippen MR) is 87.2 cm³/mol. The number of aromatic nitrogens is 1. The van der Waals surface area contributed by atoms with Gasteiger partial charge in [0.05, 0.1) is 24.5 Å². The molecule has 2 aromatic rings. The van der Waals surface area contributed by atoms with Gasteiger partial charge in [-0.1, -0.05) is 11.6 Å². The zero-order valence-electron chi connectivity index (χ0n) is 13.0. The number of carbonyl (C=O) groups is 1. The molecule has 0 spiro atoms. The molecule has 0 amide bonds. The van der Waals surface area contributed by atoms with Crippen molar-refractivity contribution in [3.8, 4) is 0 Å². The molecular formula is C17H14ClF3N2O2. The number of nitrogens with zero attached hydrogens (tertiary/aromatic N) is 2. The Bertz CT molecular complexity index is 772. The molecule has 0 saturated carbocycles. The molecule has 0 aliphatic carbocycles. The summed E-state index contributed by atoms with van der Waals surface area (Å²) >= 11 is 5.81. The van der Waals surface area contributed by atoms with Gasteiger partial charge >= 0.3 is 6.18 Å². The molecule has 1 aliphatic rings. The van der Waals surface area contributed by atoms with Crippen LogP contribution in [0.3, 0.4) is 0 Å². The number of pyridine rings is 1. The van der Waals surface area contributed by atoms with Gasteiger partial charge in [0.15, 0.2) is 0 Å². The van der Waals surface area contributed by atoms with Crippen LogP contribution in [0.2, 0.25) is 5.02 Å². The van der Waals surface area contributed by atoms with Crippen molar-refractivity contribution in [2.24, 2.45) is 0 Å². The Morgan fingerprint density at radius 1 is 1.16 bits per heavy atom. The van der Waals surface area contributed by atoms with Gasteiger partial charge in [-0.05, 0) is 30.3 Å². The van der Waals surface area contributed by atoms with Crippen molar-refractivity contribution in [2.75, 3.05) is 31.2 Å². The number of hydrogen-bond donors (Lipinski definition) is 0. The summed E-state index contributed by atoms with van der Waals surface area (Å²) in [6.45, 7) is 1.55. The lowest BCUT2D eigenvalue weighted by Gasteiger charge is -2.30. The average Bonchev–Trinajstić information content (AvgIpc) is 2.61. The molecule has 0 bridgehead atoms. The number of carbonyl (C=O) groups excluding carboxylic acids is 1. The van der Waals surface area contributed by atoms with Crippen LogP contribution in [0.4, 0.5) is 18.9 Å². The van der Waals surface area contributed by atoms with Crippen molar-refractivity contribution in [3.63, 3.8) is 0 Å². The number of ether oxygens (including phenoxy) is 1. The van der Waals surface area contributed by atoms with E-state index in [4.69, 9.17) is 16.3 Å². The number of rotatable bonds is 3. The first-order chi connectivity index (χ1) is 11.9. The van der Waals surface area contributed by atoms with Crippen molar-refractivity contribution in [1.82, 2.24) is 4.98 Å². The third kappa shape index (κ3) is 3.93. The molecule has 1 aromatic heterocycles. The summed E-state index contributed by atoms with van der Waals surface area (Å²) < 4.78 is 44.4. The minimum atomic E-state index is -4.53. The maximum absolute atomic E-state index is 13.1. The maximum atomic E-state index is 13.1. The maximum Gasteiger partial charge on any atom is 0.417 e. The van der Waals surface area contributed by atoms with Gasteiger partial charge in [-0.2, -0.15) is 13.2 Å². The summed E-state index contributed by atoms with van der Waals surface area (Å²) in [6.07, 6.45) is -3.84. The summed E-state index contributed by atoms with van der Waals surface area (Å²) in [5, 5.41) is 0.463. The van der Waals surface area contributed by atoms with Crippen LogP contribution >= 0.6 is 11.6 Å². The molecule has 0 N–H and O–H groups in total. The number of anilines is 1. The van der Waals surface area contributed by atoms with Crippen LogP contribution in [0.25, 0.3) is 0 Å². The molecule has 2 heterocycles. The lowest BCUT2D eigenvalue weighted by Crippen LogP contribution is -2.37. The van der Waals surface area contributed by atoms with Gasteiger partial charge in [0, 0.05) is 29.9 Å². The molecule has 0 radical (unpaired) electrons. The molecule has 8 heteroatoms. The van der Waals surface area contributed by atoms with Crippen molar-refractivity contribution in [1.29, 1.82) is 0 Å². The molecule has 132 valence electrons. The second-order valence-electron chi connectivity index (χ2n) is 5.52. The Morgan fingerprint density at radius 3 is 2.40 bits per heavy atom. The van der Waals surface area contributed by atoms with Gasteiger partial charge in [-0.15, -0.1) is 0 Å². The SMILES string of the molecule is O=C(c1ccc(Cl)cc1)c1ncc(C(F)(F)F)cc1N1CCOCC1. The van der Waals surface area contributed by atoms with Gasteiger partial charge in [0.1, 0.15) is 5.69 Å². The highest BCUT2D eigenvalue weighted by atomic mass is 35.5. The number of halogens is 4. The number of benzene rings is 1. The molecule has 1 fully saturated rings. The molecule has 1 saturated heterocycles. The van der Waals surface area contributed by atoms with Crippen molar-refractivity contribution in [2.45, 2.75) is 6.18 Å². The van der Waals surface area contributed by atoms with E-state index in [1.54, 1.807) is 17.0 Å². The Kier molecular flexibility index (Phi) is 4.96. The van der Waals surface area contributed by atoms with Gasteiger partial charge in [-0.25, -0.2) is 4.98 Å². The summed E-state index contributed by atoms with van der Waals surface area (Å²) in [6, 6.07) is 7.11. The van der Waals surface area contributed by atoms with Crippen LogP contribution in [-0.4, -0.2) is 37.1 Å². The fourth-order valence-electron chi connectivity index (χ4n) is 2.57. The monoisotopic (exact) mass is 370 g/mol. The molecule has 3 rings (SSSR count). The Labute approximate surface area is 147 Å². The Hall–Kier alpha value is -2.12. The predicted octanol–water partition coefficient (Wildman–Crippen LogP) is 3.82. The van der Waals surface area contributed by atoms with Crippen molar-refractivity contribution in [3.05, 3.63) is 58.4 Å². The van der Waals surface area contributed by atoms with Crippen molar-refractivity contribution >= 4 is 23.1 Å². The van der Waals surface area contributed by atoms with E-state index in [1.807, 2.05) is 0 Å². The number of alkyl halides is 3. The highest BCUT2D eigenvalue weighted by Crippen LogP contribution is 2.33. The molecule has 0 atom stereocenters. The minimum absolute atomic E-state index is 0.0165. The lowest BCUT2D eigenvalue weighted by atomic mass is 10.0. The average molecular weight is 371 g/mol. The second-order valence-corrected chi connectivity index (χ2v) is 5.96. The number of morpholine rings is 1. The zero-order chi connectivity index (χ0) is 18.0. The fourth-order valence-corrected chi connectivity index (χ4v) is 2.69. The summed E-state index contributed by atoms with van der Waals surface area (Å²) in [5.74, 6) is -0.452. The highest BCUT2D eigenvalue weighted by Gasteiger charge is 2.33. The Morgan fingerprint density at radius 2 is 1.80 bits per heavy atom. The molecule has 1 aliphatic heterocycles. The van der Waals surface area contributed by atoms with Gasteiger partial charge < -0.3 is 9.64 Å². The van der Waals surface area contributed by atoms with Crippen LogP contribution in [0.1, 0.15) is 21.6 Å². The van der Waals surface area contributed by atoms with E-state index in [-0.39, 0.29) is 11.4 Å². The third-order valence-corrected chi connectivity index (χ3v) is 4.12. The van der Waals surface area contributed by atoms with Crippen LogP contribution in [0.5, 0.6) is 0 Å². The topological polar surface area (TPSA) is 42.4 Å². The van der Waals surface area contributed by atoms with E-state index in [1.165, 1.54) is 12.1 Å². The first-order valence-electron chi connectivity index (χ1n) is 7.56. The third-order valence-electron chi connectivity index (χ3n) is 3.87. The summed E-state index contributed by atoms with van der Waals surface area (Å²) in [4.78, 5) is 18.3. The Balaban J connectivity index is 2.04. The molecular weight excluding hydrogens is 357 g/mol. The smallest absolute Gasteiger partial charge is 0.378 e. The van der Waals surface area contributed by atoms with E-state index in [0.29, 0.717) is 43.1 Å². The van der Waals surface area contributed by atoms with Crippen LogP contribution in [-0.2, 0) is 10.9 Å². The number of ketones is 1. The molecule has 4 nitrogen and oxygen atoms in total. The molecule has 1 aromatic carbocycles. The first kappa shape index (κ1) is 17.7.